The second-order valence-corrected chi connectivity index (χ2v) is 11.6. The average molecular weight is 568 g/mol. The Morgan fingerprint density at radius 1 is 0.625 bits per heavy atom. The van der Waals surface area contributed by atoms with Crippen LogP contribution in [0, 0.1) is 0 Å². The summed E-state index contributed by atoms with van der Waals surface area (Å²) in [7, 11) is 0. The highest BCUT2D eigenvalue weighted by Crippen LogP contribution is 2.34. The van der Waals surface area contributed by atoms with Gasteiger partial charge in [0.25, 0.3) is 0 Å². The number of carbonyl (C=O) groups is 3. The summed E-state index contributed by atoms with van der Waals surface area (Å²) in [4.78, 5) is 37.5. The lowest BCUT2D eigenvalue weighted by molar-refractivity contribution is -0.975. The van der Waals surface area contributed by atoms with E-state index in [4.69, 9.17) is 0 Å². The Balaban J connectivity index is 5.06. The lowest BCUT2D eigenvalue weighted by Crippen LogP contribution is -2.74. The van der Waals surface area contributed by atoms with Crippen molar-refractivity contribution in [1.29, 1.82) is 0 Å². The van der Waals surface area contributed by atoms with Crippen LogP contribution in [0.2, 0.25) is 0 Å². The van der Waals surface area contributed by atoms with Crippen molar-refractivity contribution in [3.05, 3.63) is 12.2 Å². The van der Waals surface area contributed by atoms with Crippen molar-refractivity contribution in [3.8, 4) is 0 Å². The molecule has 0 rings (SSSR count). The minimum absolute atomic E-state index is 0.208. The summed E-state index contributed by atoms with van der Waals surface area (Å²) in [5, 5.41) is 33.0. The summed E-state index contributed by atoms with van der Waals surface area (Å²) in [5.41, 5.74) is 0. The first-order valence-electron chi connectivity index (χ1n) is 16.4. The molecule has 7 nitrogen and oxygen atoms in total. The minimum Gasteiger partial charge on any atom is -0.544 e. The van der Waals surface area contributed by atoms with Gasteiger partial charge in [-0.15, -0.1) is 0 Å². The average Bonchev–Trinajstić information content (AvgIpc) is 2.91. The molecule has 0 saturated carbocycles. The van der Waals surface area contributed by atoms with Gasteiger partial charge in [-0.3, -0.25) is 4.48 Å². The van der Waals surface area contributed by atoms with Gasteiger partial charge < -0.3 is 20.1 Å². The van der Waals surface area contributed by atoms with Crippen LogP contribution in [-0.4, -0.2) is 57.3 Å². The Labute approximate surface area is 245 Å². The van der Waals surface area contributed by atoms with Crippen LogP contribution in [0.4, 0.5) is 0 Å². The number of nitrogens with zero attached hydrogens (tertiary/aromatic N) is 1. The monoisotopic (exact) mass is 567 g/mol. The molecular formula is C33H61NO6. The third kappa shape index (κ3) is 14.1. The van der Waals surface area contributed by atoms with Gasteiger partial charge in [0.1, 0.15) is 6.04 Å². The van der Waals surface area contributed by atoms with Crippen LogP contribution in [0.15, 0.2) is 12.2 Å². The summed E-state index contributed by atoms with van der Waals surface area (Å²) in [5.74, 6) is -3.55. The van der Waals surface area contributed by atoms with E-state index in [9.17, 15) is 29.7 Å². The Hall–Kier alpha value is -1.89. The second-order valence-electron chi connectivity index (χ2n) is 11.6. The maximum atomic E-state index is 12.5. The Morgan fingerprint density at radius 2 is 0.975 bits per heavy atom. The molecule has 0 aromatic carbocycles. The molecule has 0 fully saturated rings. The van der Waals surface area contributed by atoms with E-state index in [-0.39, 0.29) is 25.8 Å². The summed E-state index contributed by atoms with van der Waals surface area (Å²) in [6, 6.07) is -3.32. The van der Waals surface area contributed by atoms with Crippen molar-refractivity contribution in [3.63, 3.8) is 0 Å². The molecule has 40 heavy (non-hydrogen) atoms. The standard InChI is InChI=1S/C33H61NO6/c1-5-9-10-11-12-13-14-15-16-17-18-19-20-21-22-23-27-34(28(24-6-2)31(35)36,29(25-7-3)32(37)38)30(26-8-4)33(39)40/h5,9,28-30H,6-8,10-27H2,1-4H3,(H2-,35,36,37,38,39,40)/b9-5+. The number of quaternary nitrogens is 1. The molecule has 3 atom stereocenters. The van der Waals surface area contributed by atoms with Crippen LogP contribution in [0.5, 0.6) is 0 Å². The molecule has 0 heterocycles. The van der Waals surface area contributed by atoms with Crippen molar-refractivity contribution < 1.29 is 34.2 Å². The van der Waals surface area contributed by atoms with Gasteiger partial charge >= 0.3 is 11.9 Å². The fraction of sp³-hybridized carbons (Fsp3) is 0.848. The van der Waals surface area contributed by atoms with Crippen LogP contribution < -0.4 is 5.11 Å². The summed E-state index contributed by atoms with van der Waals surface area (Å²) < 4.78 is -0.433. The van der Waals surface area contributed by atoms with E-state index in [2.05, 4.69) is 19.1 Å². The molecule has 0 aromatic heterocycles. The van der Waals surface area contributed by atoms with Crippen LogP contribution in [0.1, 0.15) is 156 Å². The molecule has 3 unspecified atom stereocenters. The van der Waals surface area contributed by atoms with Crippen molar-refractivity contribution in [2.75, 3.05) is 6.54 Å². The Kier molecular flexibility index (Phi) is 22.7. The number of allylic oxidation sites excluding steroid dienone is 2. The molecule has 0 spiro atoms. The van der Waals surface area contributed by atoms with E-state index in [0.29, 0.717) is 25.7 Å². The summed E-state index contributed by atoms with van der Waals surface area (Å²) in [6.45, 7) is 7.88. The second kappa shape index (κ2) is 23.8. The van der Waals surface area contributed by atoms with Crippen molar-refractivity contribution in [1.82, 2.24) is 0 Å². The van der Waals surface area contributed by atoms with Gasteiger partial charge in [0.15, 0.2) is 12.1 Å². The predicted octanol–water partition coefficient (Wildman–Crippen LogP) is 7.27. The number of hydrogen-bond donors (Lipinski definition) is 2. The van der Waals surface area contributed by atoms with E-state index in [1.807, 2.05) is 20.8 Å². The lowest BCUT2D eigenvalue weighted by Gasteiger charge is -2.52. The van der Waals surface area contributed by atoms with E-state index in [1.165, 1.54) is 64.2 Å². The molecule has 7 heteroatoms. The van der Waals surface area contributed by atoms with Crippen LogP contribution >= 0.6 is 0 Å². The van der Waals surface area contributed by atoms with Gasteiger partial charge in [-0.25, -0.2) is 9.59 Å². The summed E-state index contributed by atoms with van der Waals surface area (Å²) in [6.07, 6.45) is 22.9. The molecule has 0 aromatic rings. The topological polar surface area (TPSA) is 115 Å². The Bertz CT molecular complexity index is 647. The highest BCUT2D eigenvalue weighted by atomic mass is 16.4. The van der Waals surface area contributed by atoms with Crippen molar-refractivity contribution in [2.24, 2.45) is 0 Å². The van der Waals surface area contributed by atoms with Gasteiger partial charge in [0.05, 0.1) is 12.5 Å². The zero-order valence-corrected chi connectivity index (χ0v) is 26.2. The number of hydrogen-bond acceptors (Lipinski definition) is 4. The molecule has 234 valence electrons. The molecule has 0 saturated heterocycles. The molecule has 0 radical (unpaired) electrons. The quantitative estimate of drug-likeness (QED) is 0.0584. The van der Waals surface area contributed by atoms with Gasteiger partial charge in [0.2, 0.25) is 0 Å². The number of aliphatic carboxylic acids is 3. The van der Waals surface area contributed by atoms with Gasteiger partial charge in [-0.05, 0) is 45.4 Å². The lowest BCUT2D eigenvalue weighted by atomic mass is 9.91. The maximum Gasteiger partial charge on any atom is 0.362 e. The molecule has 0 aliphatic rings. The smallest absolute Gasteiger partial charge is 0.362 e. The first-order valence-corrected chi connectivity index (χ1v) is 16.4. The zero-order valence-electron chi connectivity index (χ0n) is 26.2. The predicted molar refractivity (Wildman–Crippen MR) is 161 cm³/mol. The van der Waals surface area contributed by atoms with Gasteiger partial charge in [-0.1, -0.05) is 104 Å². The normalized spacial score (nSPS) is 15.5. The largest absolute Gasteiger partial charge is 0.544 e. The summed E-state index contributed by atoms with van der Waals surface area (Å²) >= 11 is 0. The Morgan fingerprint density at radius 3 is 1.30 bits per heavy atom. The molecule has 0 aliphatic carbocycles. The van der Waals surface area contributed by atoms with Crippen LogP contribution in [0.3, 0.4) is 0 Å². The number of rotatable bonds is 28. The minimum atomic E-state index is -1.33. The fourth-order valence-electron chi connectivity index (χ4n) is 6.39. The molecular weight excluding hydrogens is 506 g/mol. The molecule has 0 aliphatic heterocycles. The van der Waals surface area contributed by atoms with E-state index < -0.39 is 40.5 Å². The highest BCUT2D eigenvalue weighted by molar-refractivity contribution is 5.77. The van der Waals surface area contributed by atoms with E-state index in [0.717, 1.165) is 19.3 Å². The SMILES string of the molecule is C/C=C/CCCCCCCCCCCCCCC[N+](C(CCC)C(=O)[O-])(C(CCC)C(=O)O)C(CCC)C(=O)O. The number of unbranched alkanes of at least 4 members (excludes halogenated alkanes) is 13. The van der Waals surface area contributed by atoms with Crippen molar-refractivity contribution in [2.45, 2.75) is 174 Å². The van der Waals surface area contributed by atoms with Gasteiger partial charge in [0, 0.05) is 19.3 Å². The van der Waals surface area contributed by atoms with E-state index in [1.54, 1.807) is 0 Å². The van der Waals surface area contributed by atoms with Gasteiger partial charge in [-0.2, -0.15) is 0 Å². The van der Waals surface area contributed by atoms with Crippen LogP contribution in [-0.2, 0) is 14.4 Å². The number of carboxylic acid groups (broad SMARTS) is 3. The first kappa shape index (κ1) is 38.1. The molecule has 2 N–H and O–H groups in total. The molecule has 0 bridgehead atoms. The third-order valence-electron chi connectivity index (χ3n) is 8.42. The number of carbonyl (C=O) groups excluding carboxylic acids is 1. The first-order chi connectivity index (χ1) is 19.2. The van der Waals surface area contributed by atoms with Crippen LogP contribution in [0.25, 0.3) is 0 Å². The van der Waals surface area contributed by atoms with Crippen molar-refractivity contribution >= 4 is 17.9 Å². The zero-order chi connectivity index (χ0) is 30.2. The third-order valence-corrected chi connectivity index (χ3v) is 8.42. The number of carboxylic acids is 3. The fourth-order valence-corrected chi connectivity index (χ4v) is 6.39. The highest BCUT2D eigenvalue weighted by Gasteiger charge is 2.54. The molecule has 0 amide bonds. The maximum absolute atomic E-state index is 12.5. The van der Waals surface area contributed by atoms with E-state index >= 15 is 0 Å².